The summed E-state index contributed by atoms with van der Waals surface area (Å²) in [5.74, 6) is 0.565. The molecule has 4 nitrogen and oxygen atoms in total. The van der Waals surface area contributed by atoms with Crippen LogP contribution in [-0.4, -0.2) is 17.9 Å². The van der Waals surface area contributed by atoms with Gasteiger partial charge in [-0.3, -0.25) is 9.59 Å². The Morgan fingerprint density at radius 2 is 1.40 bits per heavy atom. The molecule has 3 rings (SSSR count). The van der Waals surface area contributed by atoms with Crippen molar-refractivity contribution in [3.05, 3.63) is 65.7 Å². The lowest BCUT2D eigenvalue weighted by Gasteiger charge is -2.26. The van der Waals surface area contributed by atoms with Gasteiger partial charge < -0.3 is 10.6 Å². The van der Waals surface area contributed by atoms with E-state index in [0.29, 0.717) is 16.8 Å². The molecule has 0 spiro atoms. The van der Waals surface area contributed by atoms with Crippen LogP contribution in [0.2, 0.25) is 0 Å². The van der Waals surface area contributed by atoms with Crippen molar-refractivity contribution in [3.63, 3.8) is 0 Å². The second kappa shape index (κ2) is 7.97. The summed E-state index contributed by atoms with van der Waals surface area (Å²) in [6.45, 7) is 2.26. The lowest BCUT2D eigenvalue weighted by molar-refractivity contribution is 0.0922. The molecule has 4 heteroatoms. The molecule has 25 heavy (non-hydrogen) atoms. The monoisotopic (exact) mass is 336 g/mol. The summed E-state index contributed by atoms with van der Waals surface area (Å²) in [4.78, 5) is 24.5. The number of amides is 2. The number of benzene rings is 2. The first-order chi connectivity index (χ1) is 12.1. The number of nitrogens with one attached hydrogen (secondary N) is 2. The van der Waals surface area contributed by atoms with E-state index >= 15 is 0 Å². The zero-order valence-corrected chi connectivity index (χ0v) is 14.5. The number of rotatable bonds is 4. The van der Waals surface area contributed by atoms with Crippen LogP contribution in [0.15, 0.2) is 54.6 Å². The molecule has 1 aliphatic carbocycles. The third-order valence-corrected chi connectivity index (χ3v) is 4.79. The van der Waals surface area contributed by atoms with Gasteiger partial charge in [0, 0.05) is 22.9 Å². The van der Waals surface area contributed by atoms with Gasteiger partial charge in [-0.05, 0) is 68.0 Å². The zero-order valence-electron chi connectivity index (χ0n) is 14.5. The molecule has 2 amide bonds. The van der Waals surface area contributed by atoms with Crippen LogP contribution < -0.4 is 10.6 Å². The first-order valence-corrected chi connectivity index (χ1v) is 8.89. The number of anilines is 1. The normalized spacial score (nSPS) is 19.9. The minimum Gasteiger partial charge on any atom is -0.349 e. The van der Waals surface area contributed by atoms with E-state index in [9.17, 15) is 9.59 Å². The summed E-state index contributed by atoms with van der Waals surface area (Å²) in [6, 6.07) is 16.4. The van der Waals surface area contributed by atoms with Crippen LogP contribution in [0.5, 0.6) is 0 Å². The summed E-state index contributed by atoms with van der Waals surface area (Å²) in [5.41, 5.74) is 1.91. The Labute approximate surface area is 148 Å². The zero-order chi connectivity index (χ0) is 17.6. The molecule has 1 saturated carbocycles. The fraction of sp³-hybridized carbons (Fsp3) is 0.333. The summed E-state index contributed by atoms with van der Waals surface area (Å²) in [6.07, 6.45) is 4.46. The second-order valence-electron chi connectivity index (χ2n) is 6.83. The maximum atomic E-state index is 12.4. The summed E-state index contributed by atoms with van der Waals surface area (Å²) < 4.78 is 0. The maximum absolute atomic E-state index is 12.4. The van der Waals surface area contributed by atoms with E-state index in [-0.39, 0.29) is 17.9 Å². The highest BCUT2D eigenvalue weighted by molar-refractivity contribution is 6.04. The molecule has 0 aliphatic heterocycles. The van der Waals surface area contributed by atoms with Crippen molar-refractivity contribution < 1.29 is 9.59 Å². The molecular weight excluding hydrogens is 312 g/mol. The van der Waals surface area contributed by atoms with Gasteiger partial charge in [0.15, 0.2) is 0 Å². The van der Waals surface area contributed by atoms with Crippen molar-refractivity contribution in [1.82, 2.24) is 5.32 Å². The predicted molar refractivity (Wildman–Crippen MR) is 99.7 cm³/mol. The van der Waals surface area contributed by atoms with Gasteiger partial charge in [0.1, 0.15) is 0 Å². The molecule has 2 N–H and O–H groups in total. The quantitative estimate of drug-likeness (QED) is 0.877. The van der Waals surface area contributed by atoms with E-state index in [0.717, 1.165) is 18.8 Å². The Kier molecular flexibility index (Phi) is 5.49. The van der Waals surface area contributed by atoms with Crippen molar-refractivity contribution >= 4 is 17.5 Å². The molecule has 2 aromatic carbocycles. The molecule has 2 aromatic rings. The van der Waals surface area contributed by atoms with Crippen LogP contribution in [0.1, 0.15) is 53.3 Å². The molecule has 0 heterocycles. The second-order valence-corrected chi connectivity index (χ2v) is 6.83. The highest BCUT2D eigenvalue weighted by atomic mass is 16.2. The van der Waals surface area contributed by atoms with Gasteiger partial charge in [-0.15, -0.1) is 0 Å². The van der Waals surface area contributed by atoms with E-state index in [1.165, 1.54) is 12.8 Å². The fourth-order valence-electron chi connectivity index (χ4n) is 3.17. The number of hydrogen-bond donors (Lipinski definition) is 2. The van der Waals surface area contributed by atoms with Gasteiger partial charge in [-0.2, -0.15) is 0 Å². The smallest absolute Gasteiger partial charge is 0.255 e. The third kappa shape index (κ3) is 4.69. The summed E-state index contributed by atoms with van der Waals surface area (Å²) in [5, 5.41) is 5.96. The van der Waals surface area contributed by atoms with E-state index in [2.05, 4.69) is 17.6 Å². The molecule has 0 aromatic heterocycles. The minimum atomic E-state index is -0.158. The van der Waals surface area contributed by atoms with E-state index in [4.69, 9.17) is 0 Å². The highest BCUT2D eigenvalue weighted by Gasteiger charge is 2.20. The SMILES string of the molecule is CC1CCC(NC(=O)c2ccc(NC(=O)c3ccccc3)cc2)CC1. The van der Waals surface area contributed by atoms with Crippen LogP contribution in [0, 0.1) is 5.92 Å². The largest absolute Gasteiger partial charge is 0.349 e. The summed E-state index contributed by atoms with van der Waals surface area (Å²) >= 11 is 0. The molecule has 1 aliphatic rings. The van der Waals surface area contributed by atoms with Gasteiger partial charge in [-0.25, -0.2) is 0 Å². The Hall–Kier alpha value is -2.62. The van der Waals surface area contributed by atoms with E-state index in [1.807, 2.05) is 18.2 Å². The van der Waals surface area contributed by atoms with Gasteiger partial charge in [0.05, 0.1) is 0 Å². The Balaban J connectivity index is 1.56. The maximum Gasteiger partial charge on any atom is 0.255 e. The van der Waals surface area contributed by atoms with Crippen LogP contribution in [0.3, 0.4) is 0 Å². The van der Waals surface area contributed by atoms with Crippen molar-refractivity contribution in [1.29, 1.82) is 0 Å². The van der Waals surface area contributed by atoms with Crippen LogP contribution >= 0.6 is 0 Å². The Morgan fingerprint density at radius 3 is 2.04 bits per heavy atom. The first kappa shape index (κ1) is 17.2. The lowest BCUT2D eigenvalue weighted by Crippen LogP contribution is -2.37. The van der Waals surface area contributed by atoms with Crippen LogP contribution in [0.4, 0.5) is 5.69 Å². The molecule has 0 unspecified atom stereocenters. The third-order valence-electron chi connectivity index (χ3n) is 4.79. The van der Waals surface area contributed by atoms with Crippen LogP contribution in [0.25, 0.3) is 0 Å². The minimum absolute atomic E-state index is 0.0412. The topological polar surface area (TPSA) is 58.2 Å². The van der Waals surface area contributed by atoms with E-state index < -0.39 is 0 Å². The molecule has 0 bridgehead atoms. The standard InChI is InChI=1S/C21H24N2O2/c1-15-7-11-18(12-8-15)22-21(25)17-9-13-19(14-10-17)23-20(24)16-5-3-2-4-6-16/h2-6,9-10,13-15,18H,7-8,11-12H2,1H3,(H,22,25)(H,23,24). The highest BCUT2D eigenvalue weighted by Crippen LogP contribution is 2.23. The number of carbonyl (C=O) groups is 2. The predicted octanol–water partition coefficient (Wildman–Crippen LogP) is 4.25. The Bertz CT molecular complexity index is 717. The van der Waals surface area contributed by atoms with Gasteiger partial charge in [0.25, 0.3) is 11.8 Å². The Morgan fingerprint density at radius 1 is 0.800 bits per heavy atom. The average Bonchev–Trinajstić information content (AvgIpc) is 2.65. The number of carbonyl (C=O) groups excluding carboxylic acids is 2. The van der Waals surface area contributed by atoms with Gasteiger partial charge in [0.2, 0.25) is 0 Å². The van der Waals surface area contributed by atoms with E-state index in [1.54, 1.807) is 36.4 Å². The van der Waals surface area contributed by atoms with Crippen molar-refractivity contribution in [2.45, 2.75) is 38.6 Å². The fourth-order valence-corrected chi connectivity index (χ4v) is 3.17. The average molecular weight is 336 g/mol. The number of hydrogen-bond acceptors (Lipinski definition) is 2. The van der Waals surface area contributed by atoms with Crippen molar-refractivity contribution in [2.75, 3.05) is 5.32 Å². The molecular formula is C21H24N2O2. The molecule has 0 atom stereocenters. The molecule has 1 fully saturated rings. The molecule has 0 saturated heterocycles. The van der Waals surface area contributed by atoms with Crippen molar-refractivity contribution in [3.8, 4) is 0 Å². The van der Waals surface area contributed by atoms with Gasteiger partial charge >= 0.3 is 0 Å². The van der Waals surface area contributed by atoms with Crippen LogP contribution in [-0.2, 0) is 0 Å². The molecule has 0 radical (unpaired) electrons. The lowest BCUT2D eigenvalue weighted by atomic mass is 9.87. The van der Waals surface area contributed by atoms with Crippen molar-refractivity contribution in [2.24, 2.45) is 5.92 Å². The first-order valence-electron chi connectivity index (χ1n) is 8.89. The molecule has 130 valence electrons. The van der Waals surface area contributed by atoms with Gasteiger partial charge in [-0.1, -0.05) is 25.1 Å². The summed E-state index contributed by atoms with van der Waals surface area (Å²) in [7, 11) is 0.